The summed E-state index contributed by atoms with van der Waals surface area (Å²) in [7, 11) is 0. The van der Waals surface area contributed by atoms with Gasteiger partial charge in [0.2, 0.25) is 5.91 Å². The molecule has 2 rings (SSSR count). The summed E-state index contributed by atoms with van der Waals surface area (Å²) in [6.07, 6.45) is 3.86. The largest absolute Gasteiger partial charge is 0.416 e. The van der Waals surface area contributed by atoms with Crippen LogP contribution in [-0.4, -0.2) is 34.6 Å². The highest BCUT2D eigenvalue weighted by Crippen LogP contribution is 2.30. The fourth-order valence-electron chi connectivity index (χ4n) is 3.37. The van der Waals surface area contributed by atoms with Gasteiger partial charge in [-0.1, -0.05) is 45.4 Å². The zero-order valence-electron chi connectivity index (χ0n) is 22.3. The fourth-order valence-corrected chi connectivity index (χ4v) is 3.37. The summed E-state index contributed by atoms with van der Waals surface area (Å²) in [6, 6.07) is 5.14. The molecule has 2 aromatic rings. The van der Waals surface area contributed by atoms with Crippen molar-refractivity contribution in [3.63, 3.8) is 0 Å². The van der Waals surface area contributed by atoms with E-state index >= 15 is 0 Å². The minimum atomic E-state index is -4.60. The molecule has 1 aromatic heterocycles. The number of anilines is 2. The monoisotopic (exact) mass is 531 g/mol. The first kappa shape index (κ1) is 30.5. The zero-order chi connectivity index (χ0) is 28.5. The molecule has 206 valence electrons. The Morgan fingerprint density at radius 1 is 1.18 bits per heavy atom. The standard InChI is InChI=1S/C27H36F3N7O/c1-6-20(12-35-17(2)3)10-22(27(28,29)30)9-19(5)26(38)36-23-8-7-18(4)25(11-23)37(32)15-24(31)21-13-33-16-34-14-21/h7-11,13-17,19,35H,6,12,31-32H2,1-5H3,(H,36,38)/b20-10+,22-9+,24-15-. The van der Waals surface area contributed by atoms with Crippen LogP contribution in [0.4, 0.5) is 24.5 Å². The minimum Gasteiger partial charge on any atom is -0.397 e. The normalized spacial score (nSPS) is 14.0. The molecule has 0 saturated carbocycles. The van der Waals surface area contributed by atoms with Crippen LogP contribution in [0.5, 0.6) is 0 Å². The Bertz CT molecular complexity index is 1170. The van der Waals surface area contributed by atoms with Gasteiger partial charge in [0, 0.05) is 42.4 Å². The van der Waals surface area contributed by atoms with Crippen molar-refractivity contribution in [3.05, 3.63) is 77.5 Å². The average Bonchev–Trinajstić information content (AvgIpc) is 2.86. The predicted octanol–water partition coefficient (Wildman–Crippen LogP) is 4.82. The smallest absolute Gasteiger partial charge is 0.397 e. The first-order chi connectivity index (χ1) is 17.8. The first-order valence-electron chi connectivity index (χ1n) is 12.2. The summed E-state index contributed by atoms with van der Waals surface area (Å²) in [4.78, 5) is 20.7. The summed E-state index contributed by atoms with van der Waals surface area (Å²) in [5, 5.41) is 7.10. The molecule has 0 aliphatic carbocycles. The van der Waals surface area contributed by atoms with E-state index in [1.54, 1.807) is 37.5 Å². The van der Waals surface area contributed by atoms with E-state index in [1.165, 1.54) is 24.5 Å². The van der Waals surface area contributed by atoms with Gasteiger partial charge in [0.05, 0.1) is 22.9 Å². The number of nitrogens with one attached hydrogen (secondary N) is 2. The van der Waals surface area contributed by atoms with Crippen LogP contribution in [0.15, 0.2) is 66.4 Å². The number of halogens is 3. The number of carbonyl (C=O) groups is 1. The predicted molar refractivity (Wildman–Crippen MR) is 145 cm³/mol. The van der Waals surface area contributed by atoms with E-state index in [0.717, 1.165) is 17.7 Å². The Labute approximate surface area is 221 Å². The molecule has 1 amide bonds. The first-order valence-corrected chi connectivity index (χ1v) is 12.2. The number of amides is 1. The third-order valence-electron chi connectivity index (χ3n) is 5.65. The highest BCUT2D eigenvalue weighted by molar-refractivity contribution is 5.94. The fraction of sp³-hybridized carbons (Fsp3) is 0.370. The second kappa shape index (κ2) is 13.7. The summed E-state index contributed by atoms with van der Waals surface area (Å²) in [6.45, 7) is 9.21. The molecule has 1 atom stereocenters. The van der Waals surface area contributed by atoms with Crippen LogP contribution in [-0.2, 0) is 4.79 Å². The molecule has 1 unspecified atom stereocenters. The maximum absolute atomic E-state index is 13.8. The number of aromatic nitrogens is 2. The number of rotatable bonds is 11. The molecule has 8 nitrogen and oxygen atoms in total. The number of nitrogens with two attached hydrogens (primary N) is 2. The number of carbonyl (C=O) groups excluding carboxylic acids is 1. The van der Waals surface area contributed by atoms with Crippen molar-refractivity contribution in [2.24, 2.45) is 17.5 Å². The summed E-state index contributed by atoms with van der Waals surface area (Å²) < 4.78 is 41.3. The molecular weight excluding hydrogens is 495 g/mol. The van der Waals surface area contributed by atoms with Crippen molar-refractivity contribution < 1.29 is 18.0 Å². The third kappa shape index (κ3) is 9.31. The molecule has 0 bridgehead atoms. The van der Waals surface area contributed by atoms with Gasteiger partial charge in [-0.3, -0.25) is 9.80 Å². The average molecular weight is 532 g/mol. The number of hydrazine groups is 1. The highest BCUT2D eigenvalue weighted by atomic mass is 19.4. The lowest BCUT2D eigenvalue weighted by molar-refractivity contribution is -0.118. The molecule has 11 heteroatoms. The van der Waals surface area contributed by atoms with Crippen LogP contribution < -0.4 is 27.2 Å². The van der Waals surface area contributed by atoms with E-state index in [2.05, 4.69) is 20.6 Å². The van der Waals surface area contributed by atoms with Gasteiger partial charge in [-0.05, 0) is 37.1 Å². The maximum atomic E-state index is 13.8. The number of allylic oxidation sites excluding steroid dienone is 2. The highest BCUT2D eigenvalue weighted by Gasteiger charge is 2.33. The number of benzene rings is 1. The van der Waals surface area contributed by atoms with Crippen molar-refractivity contribution in [1.29, 1.82) is 0 Å². The van der Waals surface area contributed by atoms with Crippen LogP contribution in [0.1, 0.15) is 45.2 Å². The van der Waals surface area contributed by atoms with Gasteiger partial charge in [-0.15, -0.1) is 0 Å². The van der Waals surface area contributed by atoms with E-state index in [0.29, 0.717) is 41.2 Å². The summed E-state index contributed by atoms with van der Waals surface area (Å²) in [5.41, 5.74) is 8.42. The lowest BCUT2D eigenvalue weighted by Crippen LogP contribution is -2.27. The Morgan fingerprint density at radius 2 is 1.84 bits per heavy atom. The van der Waals surface area contributed by atoms with E-state index in [9.17, 15) is 18.0 Å². The number of nitrogens with zero attached hydrogens (tertiary/aromatic N) is 3. The van der Waals surface area contributed by atoms with Crippen molar-refractivity contribution >= 4 is 23.0 Å². The van der Waals surface area contributed by atoms with Gasteiger partial charge in [0.25, 0.3) is 0 Å². The maximum Gasteiger partial charge on any atom is 0.416 e. The van der Waals surface area contributed by atoms with Gasteiger partial charge < -0.3 is 16.4 Å². The van der Waals surface area contributed by atoms with E-state index in [4.69, 9.17) is 11.6 Å². The molecule has 0 aliphatic heterocycles. The number of alkyl halides is 3. The van der Waals surface area contributed by atoms with Crippen molar-refractivity contribution in [3.8, 4) is 0 Å². The van der Waals surface area contributed by atoms with Gasteiger partial charge in [-0.25, -0.2) is 15.8 Å². The second-order valence-corrected chi connectivity index (χ2v) is 9.21. The SMILES string of the molecule is CC/C(=C\C(=C/C(C)C(=O)Nc1ccc(C)c(N(N)/C=C(\N)c2cncnc2)c1)C(F)(F)F)CNC(C)C. The lowest BCUT2D eigenvalue weighted by atomic mass is 10.0. The molecule has 0 saturated heterocycles. The lowest BCUT2D eigenvalue weighted by Gasteiger charge is -2.19. The molecule has 0 radical (unpaired) electrons. The van der Waals surface area contributed by atoms with E-state index < -0.39 is 23.6 Å². The third-order valence-corrected chi connectivity index (χ3v) is 5.65. The minimum absolute atomic E-state index is 0.135. The Balaban J connectivity index is 2.24. The van der Waals surface area contributed by atoms with Crippen molar-refractivity contribution in [2.45, 2.75) is 53.3 Å². The van der Waals surface area contributed by atoms with Crippen LogP contribution in [0, 0.1) is 12.8 Å². The van der Waals surface area contributed by atoms with E-state index in [-0.39, 0.29) is 6.04 Å². The molecule has 6 N–H and O–H groups in total. The molecule has 1 aromatic carbocycles. The number of hydrogen-bond donors (Lipinski definition) is 4. The Morgan fingerprint density at radius 3 is 2.42 bits per heavy atom. The summed E-state index contributed by atoms with van der Waals surface area (Å²) >= 11 is 0. The quantitative estimate of drug-likeness (QED) is 0.186. The molecule has 1 heterocycles. The van der Waals surface area contributed by atoms with Gasteiger partial charge in [0.15, 0.2) is 0 Å². The molecular formula is C27H36F3N7O. The molecule has 0 aliphatic rings. The van der Waals surface area contributed by atoms with Gasteiger partial charge >= 0.3 is 6.18 Å². The Kier molecular flexibility index (Phi) is 11.0. The van der Waals surface area contributed by atoms with Gasteiger partial charge in [-0.2, -0.15) is 13.2 Å². The second-order valence-electron chi connectivity index (χ2n) is 9.21. The van der Waals surface area contributed by atoms with Crippen molar-refractivity contribution in [1.82, 2.24) is 15.3 Å². The molecule has 0 fully saturated rings. The molecule has 0 spiro atoms. The number of hydrogen-bond acceptors (Lipinski definition) is 7. The molecule has 38 heavy (non-hydrogen) atoms. The Hall–Kier alpha value is -3.70. The van der Waals surface area contributed by atoms with Crippen molar-refractivity contribution in [2.75, 3.05) is 16.9 Å². The van der Waals surface area contributed by atoms with E-state index in [1.807, 2.05) is 20.8 Å². The van der Waals surface area contributed by atoms with Crippen LogP contribution in [0.25, 0.3) is 5.70 Å². The van der Waals surface area contributed by atoms with Crippen LogP contribution >= 0.6 is 0 Å². The van der Waals surface area contributed by atoms with Gasteiger partial charge in [0.1, 0.15) is 6.33 Å². The van der Waals surface area contributed by atoms with Crippen LogP contribution in [0.2, 0.25) is 0 Å². The topological polar surface area (TPSA) is 122 Å². The van der Waals surface area contributed by atoms with Crippen LogP contribution in [0.3, 0.4) is 0 Å². The zero-order valence-corrected chi connectivity index (χ0v) is 22.3. The summed E-state index contributed by atoms with van der Waals surface area (Å²) in [5.74, 6) is 4.55. The number of aryl methyl sites for hydroxylation is 1.